The molecule has 2 N–H and O–H groups in total. The first-order valence-corrected chi connectivity index (χ1v) is 8.63. The summed E-state index contributed by atoms with van der Waals surface area (Å²) in [5.74, 6) is -1.59. The lowest BCUT2D eigenvalue weighted by molar-refractivity contribution is -0.150. The highest BCUT2D eigenvalue weighted by Gasteiger charge is 2.42. The molecular formula is C14H20FNO4S. The zero-order valence-electron chi connectivity index (χ0n) is 12.1. The normalized spacial score (nSPS) is 14.5. The second-order valence-corrected chi connectivity index (χ2v) is 7.13. The van der Waals surface area contributed by atoms with Crippen molar-refractivity contribution in [1.82, 2.24) is 0 Å². The Hall–Kier alpha value is -1.47. The number of carbonyl (C=O) groups is 1. The third kappa shape index (κ3) is 4.25. The van der Waals surface area contributed by atoms with Crippen LogP contribution >= 0.6 is 0 Å². The number of nitrogens with two attached hydrogens (primary N) is 1. The number of sulfone groups is 1. The summed E-state index contributed by atoms with van der Waals surface area (Å²) in [6, 6.07) is 5.70. The summed E-state index contributed by atoms with van der Waals surface area (Å²) >= 11 is 0. The lowest BCUT2D eigenvalue weighted by Crippen LogP contribution is -2.46. The molecule has 0 spiro atoms. The molecule has 0 saturated heterocycles. The van der Waals surface area contributed by atoms with Crippen molar-refractivity contribution in [2.45, 2.75) is 18.8 Å². The fourth-order valence-corrected chi connectivity index (χ4v) is 2.84. The predicted octanol–water partition coefficient (Wildman–Crippen LogP) is 1.02. The summed E-state index contributed by atoms with van der Waals surface area (Å²) in [7, 11) is -3.32. The first kappa shape index (κ1) is 17.6. The Morgan fingerprint density at radius 3 is 2.48 bits per heavy atom. The first-order chi connectivity index (χ1) is 9.77. The molecule has 0 saturated carbocycles. The fourth-order valence-electron chi connectivity index (χ4n) is 2.12. The van der Waals surface area contributed by atoms with E-state index < -0.39 is 27.0 Å². The summed E-state index contributed by atoms with van der Waals surface area (Å²) in [6.45, 7) is 1.49. The molecule has 1 unspecified atom stereocenters. The molecule has 21 heavy (non-hydrogen) atoms. The first-order valence-electron chi connectivity index (χ1n) is 6.57. The second-order valence-electron chi connectivity index (χ2n) is 4.87. The van der Waals surface area contributed by atoms with Gasteiger partial charge in [-0.05, 0) is 19.4 Å². The van der Waals surface area contributed by atoms with Crippen LogP contribution in [0.3, 0.4) is 0 Å². The van der Waals surface area contributed by atoms with Crippen LogP contribution in [-0.4, -0.2) is 39.5 Å². The molecule has 0 aliphatic heterocycles. The van der Waals surface area contributed by atoms with E-state index in [1.54, 1.807) is 13.0 Å². The lowest BCUT2D eigenvalue weighted by atomic mass is 9.77. The Kier molecular flexibility index (Phi) is 5.86. The van der Waals surface area contributed by atoms with Gasteiger partial charge in [0.15, 0.2) is 0 Å². The van der Waals surface area contributed by atoms with Crippen LogP contribution in [0.25, 0.3) is 0 Å². The highest BCUT2D eigenvalue weighted by Crippen LogP contribution is 2.31. The van der Waals surface area contributed by atoms with Gasteiger partial charge in [-0.15, -0.1) is 0 Å². The number of hydrogen-bond acceptors (Lipinski definition) is 5. The second kappa shape index (κ2) is 7.00. The van der Waals surface area contributed by atoms with Crippen molar-refractivity contribution in [2.24, 2.45) is 5.73 Å². The van der Waals surface area contributed by atoms with Gasteiger partial charge >= 0.3 is 5.97 Å². The van der Waals surface area contributed by atoms with Crippen molar-refractivity contribution in [1.29, 1.82) is 0 Å². The summed E-state index contributed by atoms with van der Waals surface area (Å²) in [5, 5.41) is 0. The van der Waals surface area contributed by atoms with Crippen LogP contribution in [0.15, 0.2) is 24.3 Å². The van der Waals surface area contributed by atoms with Gasteiger partial charge in [-0.25, -0.2) is 12.8 Å². The van der Waals surface area contributed by atoms with Gasteiger partial charge < -0.3 is 10.5 Å². The Balaban J connectivity index is 3.32. The standard InChI is InChI=1S/C14H20FNO4S/c1-3-20-13(17)14(10-16,8-9-21(2,18)19)11-6-4-5-7-12(11)15/h4-7H,3,8-10,16H2,1-2H3. The molecule has 7 heteroatoms. The quantitative estimate of drug-likeness (QED) is 0.759. The molecule has 0 aliphatic rings. The van der Waals surface area contributed by atoms with Crippen LogP contribution in [0, 0.1) is 5.82 Å². The lowest BCUT2D eigenvalue weighted by Gasteiger charge is -2.30. The maximum Gasteiger partial charge on any atom is 0.317 e. The molecule has 0 bridgehead atoms. The number of benzene rings is 1. The molecule has 1 aromatic carbocycles. The highest BCUT2D eigenvalue weighted by atomic mass is 32.2. The third-order valence-electron chi connectivity index (χ3n) is 3.30. The number of esters is 1. The molecule has 0 heterocycles. The van der Waals surface area contributed by atoms with E-state index in [-0.39, 0.29) is 30.9 Å². The average molecular weight is 317 g/mol. The molecule has 118 valence electrons. The Bertz CT molecular complexity index is 603. The molecule has 1 aromatic rings. The largest absolute Gasteiger partial charge is 0.465 e. The Labute approximate surface area is 124 Å². The average Bonchev–Trinajstić information content (AvgIpc) is 2.41. The zero-order valence-corrected chi connectivity index (χ0v) is 13.0. The van der Waals surface area contributed by atoms with Crippen LogP contribution in [0.1, 0.15) is 18.9 Å². The van der Waals surface area contributed by atoms with Crippen LogP contribution in [0.4, 0.5) is 4.39 Å². The van der Waals surface area contributed by atoms with Gasteiger partial charge in [0.05, 0.1) is 12.4 Å². The van der Waals surface area contributed by atoms with Gasteiger partial charge in [0.1, 0.15) is 21.1 Å². The molecule has 0 amide bonds. The van der Waals surface area contributed by atoms with E-state index in [2.05, 4.69) is 0 Å². The van der Waals surface area contributed by atoms with Gasteiger partial charge in [0.2, 0.25) is 0 Å². The van der Waals surface area contributed by atoms with Crippen LogP contribution < -0.4 is 5.73 Å². The van der Waals surface area contributed by atoms with Crippen LogP contribution in [0.2, 0.25) is 0 Å². The Morgan fingerprint density at radius 1 is 1.38 bits per heavy atom. The van der Waals surface area contributed by atoms with E-state index in [0.29, 0.717) is 0 Å². The van der Waals surface area contributed by atoms with Gasteiger partial charge in [-0.2, -0.15) is 0 Å². The number of carbonyl (C=O) groups excluding carboxylic acids is 1. The minimum absolute atomic E-state index is 0.0644. The summed E-state index contributed by atoms with van der Waals surface area (Å²) in [4.78, 5) is 12.3. The van der Waals surface area contributed by atoms with E-state index in [1.165, 1.54) is 18.2 Å². The minimum Gasteiger partial charge on any atom is -0.465 e. The van der Waals surface area contributed by atoms with Gasteiger partial charge in [0.25, 0.3) is 0 Å². The van der Waals surface area contributed by atoms with Crippen molar-refractivity contribution in [2.75, 3.05) is 25.2 Å². The molecular weight excluding hydrogens is 297 g/mol. The Morgan fingerprint density at radius 2 is 2.00 bits per heavy atom. The number of ether oxygens (including phenoxy) is 1. The van der Waals surface area contributed by atoms with E-state index in [4.69, 9.17) is 10.5 Å². The van der Waals surface area contributed by atoms with Crippen molar-refractivity contribution in [3.63, 3.8) is 0 Å². The van der Waals surface area contributed by atoms with Gasteiger partial charge in [-0.1, -0.05) is 18.2 Å². The maximum absolute atomic E-state index is 14.1. The topological polar surface area (TPSA) is 86.5 Å². The summed E-state index contributed by atoms with van der Waals surface area (Å²) < 4.78 is 41.9. The number of hydrogen-bond donors (Lipinski definition) is 1. The monoisotopic (exact) mass is 317 g/mol. The van der Waals surface area contributed by atoms with E-state index in [9.17, 15) is 17.6 Å². The molecule has 1 rings (SSSR count). The smallest absolute Gasteiger partial charge is 0.317 e. The van der Waals surface area contributed by atoms with E-state index in [1.807, 2.05) is 0 Å². The van der Waals surface area contributed by atoms with Crippen molar-refractivity contribution < 1.29 is 22.3 Å². The SMILES string of the molecule is CCOC(=O)C(CN)(CCS(C)(=O)=O)c1ccccc1F. The molecule has 5 nitrogen and oxygen atoms in total. The number of rotatable bonds is 7. The summed E-state index contributed by atoms with van der Waals surface area (Å²) in [5.41, 5.74) is 4.28. The molecule has 0 aliphatic carbocycles. The van der Waals surface area contributed by atoms with Crippen LogP contribution in [-0.2, 0) is 24.8 Å². The molecule has 1 atom stereocenters. The van der Waals surface area contributed by atoms with Crippen molar-refractivity contribution in [3.05, 3.63) is 35.6 Å². The third-order valence-corrected chi connectivity index (χ3v) is 4.25. The zero-order chi connectivity index (χ0) is 16.1. The highest BCUT2D eigenvalue weighted by molar-refractivity contribution is 7.90. The van der Waals surface area contributed by atoms with Gasteiger partial charge in [0, 0.05) is 18.4 Å². The minimum atomic E-state index is -3.32. The maximum atomic E-state index is 14.1. The van der Waals surface area contributed by atoms with Crippen molar-refractivity contribution >= 4 is 15.8 Å². The van der Waals surface area contributed by atoms with E-state index in [0.717, 1.165) is 6.26 Å². The molecule has 0 fully saturated rings. The van der Waals surface area contributed by atoms with E-state index >= 15 is 0 Å². The molecule has 0 aromatic heterocycles. The van der Waals surface area contributed by atoms with Crippen molar-refractivity contribution in [3.8, 4) is 0 Å². The fraction of sp³-hybridized carbons (Fsp3) is 0.500. The van der Waals surface area contributed by atoms with Crippen LogP contribution in [0.5, 0.6) is 0 Å². The van der Waals surface area contributed by atoms with Gasteiger partial charge in [-0.3, -0.25) is 4.79 Å². The predicted molar refractivity (Wildman–Crippen MR) is 78.1 cm³/mol. The molecule has 0 radical (unpaired) electrons. The summed E-state index contributed by atoms with van der Waals surface area (Å²) in [6.07, 6.45) is 0.933. The number of halogens is 1.